The van der Waals surface area contributed by atoms with Gasteiger partial charge >= 0.3 is 0 Å². The Kier molecular flexibility index (Phi) is 3.58. The number of rotatable bonds is 2. The second-order valence-electron chi connectivity index (χ2n) is 5.43. The molecule has 0 saturated heterocycles. The van der Waals surface area contributed by atoms with E-state index in [4.69, 9.17) is 16.3 Å². The molecule has 0 amide bonds. The summed E-state index contributed by atoms with van der Waals surface area (Å²) in [5.74, 6) is 1.36. The average Bonchev–Trinajstić information content (AvgIpc) is 2.44. The van der Waals surface area contributed by atoms with Crippen LogP contribution in [0.15, 0.2) is 42.5 Å². The third kappa shape index (κ3) is 2.48. The minimum Gasteiger partial charge on any atom is -0.493 e. The van der Waals surface area contributed by atoms with Gasteiger partial charge in [0.15, 0.2) is 0 Å². The Balaban J connectivity index is 1.93. The van der Waals surface area contributed by atoms with Gasteiger partial charge in [0.05, 0.1) is 23.4 Å². The highest BCUT2D eigenvalue weighted by molar-refractivity contribution is 6.33. The third-order valence-corrected chi connectivity index (χ3v) is 4.07. The quantitative estimate of drug-likeness (QED) is 0.854. The van der Waals surface area contributed by atoms with E-state index < -0.39 is 0 Å². The Morgan fingerprint density at radius 2 is 2.00 bits per heavy atom. The number of aryl methyl sites for hydroxylation is 1. The zero-order valence-corrected chi connectivity index (χ0v) is 12.4. The number of halogens is 1. The number of fused-ring (bicyclic) bond motifs is 1. The summed E-state index contributed by atoms with van der Waals surface area (Å²) in [5, 5.41) is 4.34. The van der Waals surface area contributed by atoms with Crippen LogP contribution in [-0.4, -0.2) is 6.61 Å². The van der Waals surface area contributed by atoms with Gasteiger partial charge in [0.25, 0.3) is 0 Å². The molecule has 0 radical (unpaired) electrons. The Hall–Kier alpha value is -1.67. The van der Waals surface area contributed by atoms with Gasteiger partial charge in [-0.2, -0.15) is 0 Å². The van der Waals surface area contributed by atoms with Crippen LogP contribution in [0, 0.1) is 12.8 Å². The molecule has 3 heteroatoms. The van der Waals surface area contributed by atoms with Gasteiger partial charge in [-0.3, -0.25) is 0 Å². The fourth-order valence-electron chi connectivity index (χ4n) is 2.62. The Labute approximate surface area is 124 Å². The zero-order chi connectivity index (χ0) is 14.1. The predicted octanol–water partition coefficient (Wildman–Crippen LogP) is 4.83. The molecule has 2 aromatic carbocycles. The van der Waals surface area contributed by atoms with Crippen molar-refractivity contribution in [1.29, 1.82) is 0 Å². The van der Waals surface area contributed by atoms with Crippen molar-refractivity contribution in [2.45, 2.75) is 19.9 Å². The molecular weight excluding hydrogens is 270 g/mol. The SMILES string of the molecule is Cc1ccc(NC2c3ccccc3OCC2C)c(Cl)c1. The second-order valence-corrected chi connectivity index (χ2v) is 5.84. The van der Waals surface area contributed by atoms with E-state index >= 15 is 0 Å². The molecule has 1 aliphatic heterocycles. The van der Waals surface area contributed by atoms with E-state index in [2.05, 4.69) is 24.4 Å². The smallest absolute Gasteiger partial charge is 0.124 e. The molecule has 2 unspecified atom stereocenters. The van der Waals surface area contributed by atoms with Crippen molar-refractivity contribution >= 4 is 17.3 Å². The van der Waals surface area contributed by atoms with Gasteiger partial charge in [0.1, 0.15) is 5.75 Å². The van der Waals surface area contributed by atoms with Crippen LogP contribution in [0.2, 0.25) is 5.02 Å². The summed E-state index contributed by atoms with van der Waals surface area (Å²) < 4.78 is 5.78. The van der Waals surface area contributed by atoms with Crippen LogP contribution in [0.5, 0.6) is 5.75 Å². The van der Waals surface area contributed by atoms with Crippen molar-refractivity contribution in [2.24, 2.45) is 5.92 Å². The van der Waals surface area contributed by atoms with E-state index in [1.807, 2.05) is 37.3 Å². The third-order valence-electron chi connectivity index (χ3n) is 3.76. The van der Waals surface area contributed by atoms with E-state index in [-0.39, 0.29) is 6.04 Å². The molecule has 0 aromatic heterocycles. The van der Waals surface area contributed by atoms with Gasteiger partial charge in [0, 0.05) is 11.5 Å². The normalized spacial score (nSPS) is 20.9. The summed E-state index contributed by atoms with van der Waals surface area (Å²) >= 11 is 6.33. The van der Waals surface area contributed by atoms with Gasteiger partial charge in [-0.25, -0.2) is 0 Å². The highest BCUT2D eigenvalue weighted by Crippen LogP contribution is 2.38. The maximum atomic E-state index is 6.33. The highest BCUT2D eigenvalue weighted by atomic mass is 35.5. The van der Waals surface area contributed by atoms with Crippen LogP contribution in [0.1, 0.15) is 24.1 Å². The molecule has 0 bridgehead atoms. The summed E-state index contributed by atoms with van der Waals surface area (Å²) in [4.78, 5) is 0. The first kappa shape index (κ1) is 13.3. The fourth-order valence-corrected chi connectivity index (χ4v) is 2.91. The van der Waals surface area contributed by atoms with Crippen molar-refractivity contribution in [3.05, 3.63) is 58.6 Å². The summed E-state index contributed by atoms with van der Waals surface area (Å²) in [6.45, 7) is 4.95. The average molecular weight is 288 g/mol. The number of benzene rings is 2. The largest absolute Gasteiger partial charge is 0.493 e. The molecule has 1 aliphatic rings. The first-order valence-electron chi connectivity index (χ1n) is 6.89. The molecule has 2 aromatic rings. The molecule has 0 saturated carbocycles. The van der Waals surface area contributed by atoms with Crippen LogP contribution in [0.3, 0.4) is 0 Å². The Bertz CT molecular complexity index is 626. The number of nitrogens with one attached hydrogen (secondary N) is 1. The van der Waals surface area contributed by atoms with E-state index in [0.29, 0.717) is 5.92 Å². The lowest BCUT2D eigenvalue weighted by atomic mass is 9.92. The van der Waals surface area contributed by atoms with Gasteiger partial charge in [-0.05, 0) is 30.7 Å². The van der Waals surface area contributed by atoms with Crippen LogP contribution < -0.4 is 10.1 Å². The van der Waals surface area contributed by atoms with Gasteiger partial charge in [0.2, 0.25) is 0 Å². The Morgan fingerprint density at radius 3 is 2.80 bits per heavy atom. The van der Waals surface area contributed by atoms with Crippen molar-refractivity contribution in [3.8, 4) is 5.75 Å². The molecule has 0 fully saturated rings. The standard InChI is InChI=1S/C17H18ClNO/c1-11-7-8-15(14(18)9-11)19-17-12(2)10-20-16-6-4-3-5-13(16)17/h3-9,12,17,19H,10H2,1-2H3. The van der Waals surface area contributed by atoms with Crippen LogP contribution >= 0.6 is 11.6 Å². The van der Waals surface area contributed by atoms with Gasteiger partial charge < -0.3 is 10.1 Å². The Morgan fingerprint density at radius 1 is 1.20 bits per heavy atom. The van der Waals surface area contributed by atoms with Crippen molar-refractivity contribution in [1.82, 2.24) is 0 Å². The molecule has 0 aliphatic carbocycles. The number of hydrogen-bond donors (Lipinski definition) is 1. The monoisotopic (exact) mass is 287 g/mol. The second kappa shape index (κ2) is 5.37. The number of anilines is 1. The van der Waals surface area contributed by atoms with E-state index in [9.17, 15) is 0 Å². The van der Waals surface area contributed by atoms with Crippen LogP contribution in [0.4, 0.5) is 5.69 Å². The summed E-state index contributed by atoms with van der Waals surface area (Å²) in [5.41, 5.74) is 3.34. The summed E-state index contributed by atoms with van der Waals surface area (Å²) in [6, 6.07) is 14.5. The number of hydrogen-bond acceptors (Lipinski definition) is 2. The van der Waals surface area contributed by atoms with Crippen molar-refractivity contribution in [3.63, 3.8) is 0 Å². The minimum absolute atomic E-state index is 0.222. The lowest BCUT2D eigenvalue weighted by Crippen LogP contribution is -2.28. The molecule has 2 nitrogen and oxygen atoms in total. The molecule has 3 rings (SSSR count). The van der Waals surface area contributed by atoms with E-state index in [0.717, 1.165) is 23.1 Å². The van der Waals surface area contributed by atoms with E-state index in [1.54, 1.807) is 0 Å². The summed E-state index contributed by atoms with van der Waals surface area (Å²) in [7, 11) is 0. The lowest BCUT2D eigenvalue weighted by molar-refractivity contribution is 0.214. The molecule has 104 valence electrons. The molecule has 2 atom stereocenters. The first-order valence-corrected chi connectivity index (χ1v) is 7.27. The molecule has 1 heterocycles. The van der Waals surface area contributed by atoms with Crippen molar-refractivity contribution in [2.75, 3.05) is 11.9 Å². The van der Waals surface area contributed by atoms with Crippen LogP contribution in [0.25, 0.3) is 0 Å². The fraction of sp³-hybridized carbons (Fsp3) is 0.294. The van der Waals surface area contributed by atoms with Gasteiger partial charge in [-0.15, -0.1) is 0 Å². The molecular formula is C17H18ClNO. The highest BCUT2D eigenvalue weighted by Gasteiger charge is 2.27. The topological polar surface area (TPSA) is 21.3 Å². The zero-order valence-electron chi connectivity index (χ0n) is 11.7. The summed E-state index contributed by atoms with van der Waals surface area (Å²) in [6.07, 6.45) is 0. The van der Waals surface area contributed by atoms with Crippen LogP contribution in [-0.2, 0) is 0 Å². The molecule has 0 spiro atoms. The van der Waals surface area contributed by atoms with Gasteiger partial charge in [-0.1, -0.05) is 42.8 Å². The number of ether oxygens (including phenoxy) is 1. The van der Waals surface area contributed by atoms with E-state index in [1.165, 1.54) is 11.1 Å². The maximum absolute atomic E-state index is 6.33. The minimum atomic E-state index is 0.222. The maximum Gasteiger partial charge on any atom is 0.124 e. The first-order chi connectivity index (χ1) is 9.65. The lowest BCUT2D eigenvalue weighted by Gasteiger charge is -2.33. The molecule has 20 heavy (non-hydrogen) atoms. The number of para-hydroxylation sites is 1. The molecule has 1 N–H and O–H groups in total. The predicted molar refractivity (Wildman–Crippen MR) is 83.7 cm³/mol. The van der Waals surface area contributed by atoms with Crippen molar-refractivity contribution < 1.29 is 4.74 Å².